The highest BCUT2D eigenvalue weighted by Crippen LogP contribution is 2.14. The number of anilines is 1. The maximum Gasteiger partial charge on any atom is 0.243 e. The van der Waals surface area contributed by atoms with Crippen molar-refractivity contribution >= 4 is 22.9 Å². The summed E-state index contributed by atoms with van der Waals surface area (Å²) in [7, 11) is 0. The zero-order chi connectivity index (χ0) is 12.5. The molecule has 0 spiro atoms. The summed E-state index contributed by atoms with van der Waals surface area (Å²) in [6.07, 6.45) is 1.96. The quantitative estimate of drug-likeness (QED) is 0.784. The number of thiazole rings is 1. The number of fused-ring (bicyclic) bond motifs is 1. The minimum Gasteiger partial charge on any atom is -0.348 e. The van der Waals surface area contributed by atoms with Crippen molar-refractivity contribution in [3.8, 4) is 0 Å². The first kappa shape index (κ1) is 11.2. The van der Waals surface area contributed by atoms with Gasteiger partial charge in [-0.2, -0.15) is 4.98 Å². The van der Waals surface area contributed by atoms with E-state index in [1.165, 1.54) is 4.88 Å². The average molecular weight is 259 g/mol. The normalized spacial score (nSPS) is 11.0. The van der Waals surface area contributed by atoms with Gasteiger partial charge in [0, 0.05) is 11.1 Å². The molecule has 3 heterocycles. The van der Waals surface area contributed by atoms with Crippen LogP contribution in [0.25, 0.3) is 5.65 Å². The number of nitrogens with one attached hydrogen (secondary N) is 1. The number of hydrogen-bond donors (Lipinski definition) is 1. The summed E-state index contributed by atoms with van der Waals surface area (Å²) in [6.45, 7) is 4.76. The van der Waals surface area contributed by atoms with E-state index in [9.17, 15) is 0 Å². The van der Waals surface area contributed by atoms with Crippen molar-refractivity contribution in [2.45, 2.75) is 20.4 Å². The van der Waals surface area contributed by atoms with Gasteiger partial charge in [-0.05, 0) is 25.5 Å². The molecule has 0 aliphatic heterocycles. The van der Waals surface area contributed by atoms with Gasteiger partial charge in [0.1, 0.15) is 0 Å². The molecule has 3 aromatic heterocycles. The van der Waals surface area contributed by atoms with Crippen molar-refractivity contribution in [3.63, 3.8) is 0 Å². The number of aryl methyl sites for hydroxylation is 2. The summed E-state index contributed by atoms with van der Waals surface area (Å²) in [6, 6.07) is 3.99. The van der Waals surface area contributed by atoms with Crippen LogP contribution in [0.2, 0.25) is 0 Å². The molecule has 0 saturated heterocycles. The highest BCUT2D eigenvalue weighted by Gasteiger charge is 2.05. The van der Waals surface area contributed by atoms with E-state index in [1.54, 1.807) is 15.9 Å². The summed E-state index contributed by atoms with van der Waals surface area (Å²) in [4.78, 5) is 9.84. The van der Waals surface area contributed by atoms with Crippen LogP contribution in [0.15, 0.2) is 23.8 Å². The van der Waals surface area contributed by atoms with Crippen molar-refractivity contribution < 1.29 is 0 Å². The Morgan fingerprint density at radius 3 is 3.00 bits per heavy atom. The molecule has 6 heteroatoms. The second kappa shape index (κ2) is 4.38. The number of aromatic nitrogens is 4. The number of rotatable bonds is 3. The number of hydrogen-bond acceptors (Lipinski definition) is 5. The van der Waals surface area contributed by atoms with Gasteiger partial charge in [-0.1, -0.05) is 6.07 Å². The Labute approximate surface area is 109 Å². The molecular weight excluding hydrogens is 246 g/mol. The van der Waals surface area contributed by atoms with Crippen LogP contribution in [0, 0.1) is 13.8 Å². The zero-order valence-corrected chi connectivity index (χ0v) is 11.0. The minimum atomic E-state index is 0.647. The van der Waals surface area contributed by atoms with E-state index in [2.05, 4.69) is 20.4 Å². The van der Waals surface area contributed by atoms with Gasteiger partial charge in [-0.3, -0.25) is 0 Å². The summed E-state index contributed by atoms with van der Waals surface area (Å²) in [5.74, 6) is 0.647. The van der Waals surface area contributed by atoms with Crippen LogP contribution in [-0.2, 0) is 6.54 Å². The van der Waals surface area contributed by atoms with Gasteiger partial charge in [0.15, 0.2) is 5.65 Å². The van der Waals surface area contributed by atoms with E-state index in [-0.39, 0.29) is 0 Å². The molecular formula is C12H13N5S. The Morgan fingerprint density at radius 2 is 2.22 bits per heavy atom. The summed E-state index contributed by atoms with van der Waals surface area (Å²) in [5, 5.41) is 7.61. The van der Waals surface area contributed by atoms with Crippen LogP contribution in [-0.4, -0.2) is 19.6 Å². The second-order valence-corrected chi connectivity index (χ2v) is 5.10. The molecule has 92 valence electrons. The van der Waals surface area contributed by atoms with E-state index in [0.29, 0.717) is 12.5 Å². The van der Waals surface area contributed by atoms with E-state index >= 15 is 0 Å². The highest BCUT2D eigenvalue weighted by molar-refractivity contribution is 7.09. The molecule has 18 heavy (non-hydrogen) atoms. The van der Waals surface area contributed by atoms with Gasteiger partial charge in [0.05, 0.1) is 17.7 Å². The van der Waals surface area contributed by atoms with Crippen molar-refractivity contribution in [2.24, 2.45) is 0 Å². The van der Waals surface area contributed by atoms with Crippen LogP contribution < -0.4 is 5.32 Å². The highest BCUT2D eigenvalue weighted by atomic mass is 32.1. The lowest BCUT2D eigenvalue weighted by molar-refractivity contribution is 0.943. The maximum atomic E-state index is 4.41. The van der Waals surface area contributed by atoms with Crippen LogP contribution in [0.1, 0.15) is 16.1 Å². The number of pyridine rings is 1. The smallest absolute Gasteiger partial charge is 0.243 e. The lowest BCUT2D eigenvalue weighted by Gasteiger charge is -1.98. The van der Waals surface area contributed by atoms with E-state index < -0.39 is 0 Å². The van der Waals surface area contributed by atoms with Crippen molar-refractivity contribution in [1.82, 2.24) is 19.6 Å². The third-order valence-electron chi connectivity index (χ3n) is 2.73. The monoisotopic (exact) mass is 259 g/mol. The molecule has 0 aromatic carbocycles. The zero-order valence-electron chi connectivity index (χ0n) is 10.2. The molecule has 3 aromatic rings. The van der Waals surface area contributed by atoms with Crippen LogP contribution in [0.5, 0.6) is 0 Å². The Morgan fingerprint density at radius 1 is 1.33 bits per heavy atom. The van der Waals surface area contributed by atoms with E-state index in [1.807, 2.05) is 37.7 Å². The molecule has 0 aliphatic rings. The maximum absolute atomic E-state index is 4.41. The SMILES string of the molecule is Cc1ccc2nc(NCc3scnc3C)nn2c1. The Bertz CT molecular complexity index is 685. The summed E-state index contributed by atoms with van der Waals surface area (Å²) < 4.78 is 1.79. The molecule has 3 rings (SSSR count). The molecule has 0 aliphatic carbocycles. The third-order valence-corrected chi connectivity index (χ3v) is 3.67. The van der Waals surface area contributed by atoms with Crippen LogP contribution in [0.3, 0.4) is 0 Å². The molecule has 0 unspecified atom stereocenters. The van der Waals surface area contributed by atoms with Gasteiger partial charge in [-0.25, -0.2) is 9.50 Å². The van der Waals surface area contributed by atoms with Gasteiger partial charge in [0.25, 0.3) is 0 Å². The molecule has 0 bridgehead atoms. The van der Waals surface area contributed by atoms with Gasteiger partial charge in [0.2, 0.25) is 5.95 Å². The third kappa shape index (κ3) is 2.06. The molecule has 0 saturated carbocycles. The molecule has 0 atom stereocenters. The Kier molecular flexibility index (Phi) is 2.71. The van der Waals surface area contributed by atoms with E-state index in [0.717, 1.165) is 16.9 Å². The fourth-order valence-corrected chi connectivity index (χ4v) is 2.43. The van der Waals surface area contributed by atoms with Crippen molar-refractivity contribution in [3.05, 3.63) is 40.0 Å². The topological polar surface area (TPSA) is 55.1 Å². The number of nitrogens with zero attached hydrogens (tertiary/aromatic N) is 4. The van der Waals surface area contributed by atoms with Gasteiger partial charge in [-0.15, -0.1) is 16.4 Å². The lowest BCUT2D eigenvalue weighted by Crippen LogP contribution is -2.00. The van der Waals surface area contributed by atoms with Crippen LogP contribution in [0.4, 0.5) is 5.95 Å². The molecule has 5 nitrogen and oxygen atoms in total. The summed E-state index contributed by atoms with van der Waals surface area (Å²) in [5.41, 5.74) is 4.93. The first-order valence-electron chi connectivity index (χ1n) is 5.68. The first-order chi connectivity index (χ1) is 8.72. The minimum absolute atomic E-state index is 0.647. The fraction of sp³-hybridized carbons (Fsp3) is 0.250. The summed E-state index contributed by atoms with van der Waals surface area (Å²) >= 11 is 1.64. The molecule has 1 N–H and O–H groups in total. The van der Waals surface area contributed by atoms with E-state index in [4.69, 9.17) is 0 Å². The predicted octanol–water partition coefficient (Wildman–Crippen LogP) is 2.41. The molecule has 0 amide bonds. The van der Waals surface area contributed by atoms with Crippen molar-refractivity contribution in [2.75, 3.05) is 5.32 Å². The molecule has 0 radical (unpaired) electrons. The van der Waals surface area contributed by atoms with Crippen LogP contribution >= 0.6 is 11.3 Å². The predicted molar refractivity (Wildman–Crippen MR) is 71.9 cm³/mol. The molecule has 0 fully saturated rings. The largest absolute Gasteiger partial charge is 0.348 e. The first-order valence-corrected chi connectivity index (χ1v) is 6.56. The average Bonchev–Trinajstić information content (AvgIpc) is 2.92. The lowest BCUT2D eigenvalue weighted by atomic mass is 10.3. The Hall–Kier alpha value is -1.95. The van der Waals surface area contributed by atoms with Crippen molar-refractivity contribution in [1.29, 1.82) is 0 Å². The second-order valence-electron chi connectivity index (χ2n) is 4.16. The van der Waals surface area contributed by atoms with Gasteiger partial charge >= 0.3 is 0 Å². The standard InChI is InChI=1S/C12H13N5S/c1-8-3-4-11-15-12(16-17(11)6-8)13-5-10-9(2)14-7-18-10/h3-4,6-7H,5H2,1-2H3,(H,13,16). The van der Waals surface area contributed by atoms with Gasteiger partial charge < -0.3 is 5.32 Å². The Balaban J connectivity index is 1.81. The fourth-order valence-electron chi connectivity index (χ4n) is 1.72.